The Morgan fingerprint density at radius 1 is 1.19 bits per heavy atom. The number of carbonyl (C=O) groups is 1. The van der Waals surface area contributed by atoms with E-state index in [1.54, 1.807) is 25.4 Å². The van der Waals surface area contributed by atoms with Crippen molar-refractivity contribution in [1.29, 1.82) is 0 Å². The molecule has 2 aromatic rings. The standard InChI is InChI=1S/C17H19NO3/c1-12(2)21-16-7-5-4-6-14(16)15(19)10-13-8-9-17(20-3)18-11-13/h4-9,11-12H,10H2,1-3H3. The van der Waals surface area contributed by atoms with E-state index in [2.05, 4.69) is 4.98 Å². The quantitative estimate of drug-likeness (QED) is 0.764. The number of carbonyl (C=O) groups excluding carboxylic acids is 1. The molecule has 0 saturated carbocycles. The van der Waals surface area contributed by atoms with Gasteiger partial charge in [-0.05, 0) is 31.5 Å². The molecule has 4 nitrogen and oxygen atoms in total. The van der Waals surface area contributed by atoms with Crippen LogP contribution in [-0.4, -0.2) is 24.0 Å². The molecule has 2 rings (SSSR count). The second-order valence-corrected chi connectivity index (χ2v) is 4.97. The number of pyridine rings is 1. The first-order valence-electron chi connectivity index (χ1n) is 6.88. The molecule has 0 aliphatic rings. The average molecular weight is 285 g/mol. The highest BCUT2D eigenvalue weighted by Crippen LogP contribution is 2.21. The third-order valence-electron chi connectivity index (χ3n) is 2.92. The Morgan fingerprint density at radius 3 is 2.57 bits per heavy atom. The molecular weight excluding hydrogens is 266 g/mol. The zero-order valence-electron chi connectivity index (χ0n) is 12.5. The zero-order chi connectivity index (χ0) is 15.2. The molecular formula is C17H19NO3. The number of para-hydroxylation sites is 1. The van der Waals surface area contributed by atoms with Gasteiger partial charge in [0.25, 0.3) is 0 Å². The highest BCUT2D eigenvalue weighted by Gasteiger charge is 2.14. The van der Waals surface area contributed by atoms with Crippen LogP contribution in [0.5, 0.6) is 11.6 Å². The van der Waals surface area contributed by atoms with Crippen LogP contribution >= 0.6 is 0 Å². The predicted octanol–water partition coefficient (Wildman–Crippen LogP) is 3.30. The summed E-state index contributed by atoms with van der Waals surface area (Å²) in [4.78, 5) is 16.5. The van der Waals surface area contributed by atoms with E-state index in [-0.39, 0.29) is 18.3 Å². The molecule has 0 bridgehead atoms. The summed E-state index contributed by atoms with van der Waals surface area (Å²) in [6, 6.07) is 10.9. The van der Waals surface area contributed by atoms with Crippen LogP contribution in [0.3, 0.4) is 0 Å². The summed E-state index contributed by atoms with van der Waals surface area (Å²) in [5.74, 6) is 1.17. The summed E-state index contributed by atoms with van der Waals surface area (Å²) >= 11 is 0. The van der Waals surface area contributed by atoms with E-state index in [0.29, 0.717) is 17.2 Å². The Labute approximate surface area is 124 Å². The van der Waals surface area contributed by atoms with Gasteiger partial charge >= 0.3 is 0 Å². The number of hydrogen-bond donors (Lipinski definition) is 0. The summed E-state index contributed by atoms with van der Waals surface area (Å²) in [6.45, 7) is 3.88. The molecule has 4 heteroatoms. The summed E-state index contributed by atoms with van der Waals surface area (Å²) in [5, 5.41) is 0. The molecule has 0 atom stereocenters. The van der Waals surface area contributed by atoms with Crippen molar-refractivity contribution in [3.8, 4) is 11.6 Å². The molecule has 0 aliphatic carbocycles. The topological polar surface area (TPSA) is 48.4 Å². The Morgan fingerprint density at radius 2 is 1.95 bits per heavy atom. The van der Waals surface area contributed by atoms with Gasteiger partial charge in [0, 0.05) is 18.7 Å². The fourth-order valence-corrected chi connectivity index (χ4v) is 1.97. The molecule has 0 radical (unpaired) electrons. The van der Waals surface area contributed by atoms with Crippen LogP contribution in [0.15, 0.2) is 42.6 Å². The summed E-state index contributed by atoms with van der Waals surface area (Å²) in [7, 11) is 1.56. The molecule has 110 valence electrons. The van der Waals surface area contributed by atoms with Crippen LogP contribution in [0, 0.1) is 0 Å². The Balaban J connectivity index is 2.16. The van der Waals surface area contributed by atoms with Crippen molar-refractivity contribution >= 4 is 5.78 Å². The van der Waals surface area contributed by atoms with Gasteiger partial charge in [0.1, 0.15) is 5.75 Å². The number of hydrogen-bond acceptors (Lipinski definition) is 4. The number of benzene rings is 1. The van der Waals surface area contributed by atoms with Crippen molar-refractivity contribution in [2.75, 3.05) is 7.11 Å². The third kappa shape index (κ3) is 4.05. The minimum Gasteiger partial charge on any atom is -0.490 e. The highest BCUT2D eigenvalue weighted by molar-refractivity contribution is 5.99. The van der Waals surface area contributed by atoms with Gasteiger partial charge in [0.05, 0.1) is 18.8 Å². The number of ketones is 1. The van der Waals surface area contributed by atoms with Crippen molar-refractivity contribution in [2.45, 2.75) is 26.4 Å². The maximum absolute atomic E-state index is 12.4. The highest BCUT2D eigenvalue weighted by atomic mass is 16.5. The van der Waals surface area contributed by atoms with Crippen LogP contribution in [0.1, 0.15) is 29.8 Å². The summed E-state index contributed by atoms with van der Waals surface area (Å²) in [5.41, 5.74) is 1.45. The van der Waals surface area contributed by atoms with Crippen LogP contribution in [-0.2, 0) is 6.42 Å². The van der Waals surface area contributed by atoms with Crippen LogP contribution in [0.25, 0.3) is 0 Å². The second-order valence-electron chi connectivity index (χ2n) is 4.97. The number of rotatable bonds is 6. The fraction of sp³-hybridized carbons (Fsp3) is 0.294. The fourth-order valence-electron chi connectivity index (χ4n) is 1.97. The smallest absolute Gasteiger partial charge is 0.212 e. The lowest BCUT2D eigenvalue weighted by Gasteiger charge is -2.13. The monoisotopic (exact) mass is 285 g/mol. The number of ether oxygens (including phenoxy) is 2. The normalized spacial score (nSPS) is 10.5. The Bertz CT molecular complexity index is 606. The van der Waals surface area contributed by atoms with Gasteiger partial charge in [-0.3, -0.25) is 4.79 Å². The zero-order valence-corrected chi connectivity index (χ0v) is 12.5. The van der Waals surface area contributed by atoms with Gasteiger partial charge in [0.2, 0.25) is 5.88 Å². The number of Topliss-reactive ketones (excluding diaryl/α,β-unsaturated/α-hetero) is 1. The average Bonchev–Trinajstić information content (AvgIpc) is 2.48. The maximum atomic E-state index is 12.4. The van der Waals surface area contributed by atoms with Crippen LogP contribution < -0.4 is 9.47 Å². The number of aromatic nitrogens is 1. The minimum atomic E-state index is 0.0122. The van der Waals surface area contributed by atoms with E-state index in [0.717, 1.165) is 5.56 Å². The van der Waals surface area contributed by atoms with E-state index >= 15 is 0 Å². The summed E-state index contributed by atoms with van der Waals surface area (Å²) < 4.78 is 10.7. The lowest BCUT2D eigenvalue weighted by molar-refractivity contribution is 0.0987. The molecule has 1 heterocycles. The molecule has 1 aromatic heterocycles. The van der Waals surface area contributed by atoms with E-state index in [4.69, 9.17) is 9.47 Å². The van der Waals surface area contributed by atoms with E-state index in [1.165, 1.54) is 0 Å². The largest absolute Gasteiger partial charge is 0.490 e. The number of nitrogens with zero attached hydrogens (tertiary/aromatic N) is 1. The summed E-state index contributed by atoms with van der Waals surface area (Å²) in [6.07, 6.45) is 1.97. The predicted molar refractivity (Wildman–Crippen MR) is 81.0 cm³/mol. The van der Waals surface area contributed by atoms with Gasteiger partial charge < -0.3 is 9.47 Å². The van der Waals surface area contributed by atoms with Gasteiger partial charge in [-0.2, -0.15) is 0 Å². The van der Waals surface area contributed by atoms with Crippen LogP contribution in [0.4, 0.5) is 0 Å². The van der Waals surface area contributed by atoms with Crippen molar-refractivity contribution in [3.05, 3.63) is 53.7 Å². The van der Waals surface area contributed by atoms with Gasteiger partial charge in [0.15, 0.2) is 5.78 Å². The lowest BCUT2D eigenvalue weighted by Crippen LogP contribution is -2.11. The molecule has 0 unspecified atom stereocenters. The second kappa shape index (κ2) is 6.88. The maximum Gasteiger partial charge on any atom is 0.212 e. The first kappa shape index (κ1) is 15.0. The molecule has 0 aliphatic heterocycles. The Hall–Kier alpha value is -2.36. The van der Waals surface area contributed by atoms with Crippen molar-refractivity contribution in [1.82, 2.24) is 4.98 Å². The van der Waals surface area contributed by atoms with Gasteiger partial charge in [-0.1, -0.05) is 18.2 Å². The van der Waals surface area contributed by atoms with E-state index in [9.17, 15) is 4.79 Å². The molecule has 0 saturated heterocycles. The van der Waals surface area contributed by atoms with E-state index < -0.39 is 0 Å². The molecule has 0 spiro atoms. The van der Waals surface area contributed by atoms with Gasteiger partial charge in [-0.15, -0.1) is 0 Å². The van der Waals surface area contributed by atoms with Crippen molar-refractivity contribution in [2.24, 2.45) is 0 Å². The molecule has 0 fully saturated rings. The Kier molecular flexibility index (Phi) is 4.93. The molecule has 0 N–H and O–H groups in total. The third-order valence-corrected chi connectivity index (χ3v) is 2.92. The van der Waals surface area contributed by atoms with E-state index in [1.807, 2.05) is 38.1 Å². The molecule has 0 amide bonds. The lowest BCUT2D eigenvalue weighted by atomic mass is 10.0. The van der Waals surface area contributed by atoms with Crippen molar-refractivity contribution in [3.63, 3.8) is 0 Å². The first-order chi connectivity index (χ1) is 10.1. The molecule has 1 aromatic carbocycles. The SMILES string of the molecule is COc1ccc(CC(=O)c2ccccc2OC(C)C)cn1. The van der Waals surface area contributed by atoms with Gasteiger partial charge in [-0.25, -0.2) is 4.98 Å². The molecule has 21 heavy (non-hydrogen) atoms. The van der Waals surface area contributed by atoms with Crippen molar-refractivity contribution < 1.29 is 14.3 Å². The van der Waals surface area contributed by atoms with Crippen LogP contribution in [0.2, 0.25) is 0 Å². The number of methoxy groups -OCH3 is 1. The minimum absolute atomic E-state index is 0.0122. The first-order valence-corrected chi connectivity index (χ1v) is 6.88.